The minimum absolute atomic E-state index is 0.0579. The average Bonchev–Trinajstić information content (AvgIpc) is 3.07. The Labute approximate surface area is 295 Å². The molecule has 3 N–H and O–H groups in total. The first-order valence-electron chi connectivity index (χ1n) is 20.0. The second-order valence-corrected chi connectivity index (χ2v) is 15.0. The van der Waals surface area contributed by atoms with Gasteiger partial charge in [0.2, 0.25) is 0 Å². The van der Waals surface area contributed by atoms with E-state index in [1.54, 1.807) is 0 Å². The molecule has 286 valence electrons. The van der Waals surface area contributed by atoms with Crippen molar-refractivity contribution in [2.45, 2.75) is 206 Å². The smallest absolute Gasteiger partial charge is 0.462 e. The summed E-state index contributed by atoms with van der Waals surface area (Å²) < 4.78 is 32.7. The Kier molecular flexibility index (Phi) is 35.1. The van der Waals surface area contributed by atoms with Gasteiger partial charge in [-0.25, -0.2) is 4.57 Å². The van der Waals surface area contributed by atoms with Gasteiger partial charge in [-0.15, -0.1) is 0 Å². The molecular weight excluding hydrogens is 629 g/mol. The molecule has 0 aromatic rings. The molecule has 0 saturated carbocycles. The van der Waals surface area contributed by atoms with Crippen LogP contribution in [0.3, 0.4) is 0 Å². The Morgan fingerprint density at radius 3 is 1.27 bits per heavy atom. The molecule has 0 aromatic heterocycles. The van der Waals surface area contributed by atoms with E-state index in [0.717, 1.165) is 32.1 Å². The molecule has 9 nitrogen and oxygen atoms in total. The number of carbonyl (C=O) groups is 2. The van der Waals surface area contributed by atoms with Crippen LogP contribution in [0.1, 0.15) is 200 Å². The van der Waals surface area contributed by atoms with Gasteiger partial charge in [0.05, 0.1) is 13.2 Å². The van der Waals surface area contributed by atoms with Crippen molar-refractivity contribution in [3.63, 3.8) is 0 Å². The van der Waals surface area contributed by atoms with E-state index in [1.165, 1.54) is 135 Å². The van der Waals surface area contributed by atoms with E-state index < -0.39 is 26.5 Å². The minimum atomic E-state index is -4.36. The molecule has 0 aliphatic rings. The van der Waals surface area contributed by atoms with Crippen molar-refractivity contribution in [1.82, 2.24) is 0 Å². The number of nitrogens with two attached hydrogens (primary N) is 1. The van der Waals surface area contributed by atoms with Crippen molar-refractivity contribution in [2.24, 2.45) is 5.73 Å². The number of hydrogen-bond acceptors (Lipinski definition) is 8. The fraction of sp³-hybridized carbons (Fsp3) is 0.947. The maximum absolute atomic E-state index is 12.5. The maximum atomic E-state index is 12.5. The Balaban J connectivity index is 4.16. The van der Waals surface area contributed by atoms with Gasteiger partial charge < -0.3 is 20.1 Å². The highest BCUT2D eigenvalue weighted by Crippen LogP contribution is 2.43. The highest BCUT2D eigenvalue weighted by molar-refractivity contribution is 7.47. The largest absolute Gasteiger partial charge is 0.472 e. The fourth-order valence-corrected chi connectivity index (χ4v) is 6.52. The van der Waals surface area contributed by atoms with Crippen LogP contribution in [0.2, 0.25) is 0 Å². The van der Waals surface area contributed by atoms with Crippen LogP contribution in [0, 0.1) is 0 Å². The molecule has 0 heterocycles. The van der Waals surface area contributed by atoms with E-state index in [0.29, 0.717) is 6.42 Å². The first-order valence-corrected chi connectivity index (χ1v) is 21.5. The van der Waals surface area contributed by atoms with E-state index in [9.17, 15) is 19.0 Å². The van der Waals surface area contributed by atoms with Gasteiger partial charge in [-0.3, -0.25) is 18.6 Å². The van der Waals surface area contributed by atoms with Crippen LogP contribution in [-0.4, -0.2) is 49.3 Å². The molecular formula is C38H76NO8P. The Morgan fingerprint density at radius 1 is 0.542 bits per heavy atom. The highest BCUT2D eigenvalue weighted by Gasteiger charge is 2.26. The van der Waals surface area contributed by atoms with Crippen molar-refractivity contribution in [1.29, 1.82) is 0 Å². The summed E-state index contributed by atoms with van der Waals surface area (Å²) in [6.07, 6.45) is 32.7. The van der Waals surface area contributed by atoms with Crippen molar-refractivity contribution >= 4 is 19.8 Å². The number of hydrogen-bond donors (Lipinski definition) is 2. The molecule has 48 heavy (non-hydrogen) atoms. The van der Waals surface area contributed by atoms with E-state index in [4.69, 9.17) is 24.3 Å². The lowest BCUT2D eigenvalue weighted by Crippen LogP contribution is -2.29. The Bertz CT molecular complexity index is 769. The number of unbranched alkanes of at least 4 members (excludes halogenated alkanes) is 25. The van der Waals surface area contributed by atoms with Gasteiger partial charge in [0.25, 0.3) is 0 Å². The molecule has 0 radical (unpaired) electrons. The summed E-state index contributed by atoms with van der Waals surface area (Å²) in [6.45, 7) is 3.75. The summed E-state index contributed by atoms with van der Waals surface area (Å²) in [5, 5.41) is 0. The number of rotatable bonds is 38. The van der Waals surface area contributed by atoms with Crippen molar-refractivity contribution in [3.05, 3.63) is 0 Å². The predicted octanol–water partition coefficient (Wildman–Crippen LogP) is 10.9. The first-order chi connectivity index (χ1) is 23.3. The summed E-state index contributed by atoms with van der Waals surface area (Å²) in [5.41, 5.74) is 5.33. The van der Waals surface area contributed by atoms with Crippen LogP contribution in [-0.2, 0) is 32.7 Å². The van der Waals surface area contributed by atoms with Gasteiger partial charge in [-0.05, 0) is 12.8 Å². The zero-order valence-corrected chi connectivity index (χ0v) is 32.1. The van der Waals surface area contributed by atoms with Crippen molar-refractivity contribution in [3.8, 4) is 0 Å². The number of esters is 2. The standard InChI is InChI=1S/C38H76NO8P/c1-3-5-7-9-11-13-15-17-19-20-22-24-26-28-30-37(40)44-34-36(35-46-48(42,43)45-33-32-39)47-38(41)31-29-27-25-23-21-18-16-14-12-10-8-6-4-2/h36H,3-35,39H2,1-2H3,(H,42,43). The lowest BCUT2D eigenvalue weighted by atomic mass is 10.0. The van der Waals surface area contributed by atoms with Gasteiger partial charge in [0.1, 0.15) is 6.61 Å². The quantitative estimate of drug-likeness (QED) is 0.0365. The fourth-order valence-electron chi connectivity index (χ4n) is 5.75. The van der Waals surface area contributed by atoms with E-state index in [-0.39, 0.29) is 38.6 Å². The molecule has 0 aliphatic carbocycles. The second kappa shape index (κ2) is 35.8. The zero-order valence-electron chi connectivity index (χ0n) is 31.2. The Morgan fingerprint density at radius 2 is 0.896 bits per heavy atom. The molecule has 0 aliphatic heterocycles. The number of ether oxygens (including phenoxy) is 2. The molecule has 10 heteroatoms. The zero-order chi connectivity index (χ0) is 35.4. The van der Waals surface area contributed by atoms with Crippen LogP contribution in [0.25, 0.3) is 0 Å². The third-order valence-electron chi connectivity index (χ3n) is 8.74. The van der Waals surface area contributed by atoms with Gasteiger partial charge >= 0.3 is 19.8 Å². The van der Waals surface area contributed by atoms with Gasteiger partial charge in [0.15, 0.2) is 6.10 Å². The maximum Gasteiger partial charge on any atom is 0.472 e. The molecule has 2 atom stereocenters. The van der Waals surface area contributed by atoms with E-state index in [1.807, 2.05) is 0 Å². The SMILES string of the molecule is CCCCCCCCCCCCCCCCC(=O)OCC(COP(=O)(O)OCCN)OC(=O)CCCCCCCCCCCCCCC. The topological polar surface area (TPSA) is 134 Å². The predicted molar refractivity (Wildman–Crippen MR) is 197 cm³/mol. The number of phosphoric ester groups is 1. The van der Waals surface area contributed by atoms with E-state index in [2.05, 4.69) is 13.8 Å². The normalized spacial score (nSPS) is 13.3. The lowest BCUT2D eigenvalue weighted by molar-refractivity contribution is -0.161. The summed E-state index contributed by atoms with van der Waals surface area (Å²) in [5.74, 6) is -0.816. The van der Waals surface area contributed by atoms with Crippen LogP contribution in [0.5, 0.6) is 0 Å². The summed E-state index contributed by atoms with van der Waals surface area (Å²) in [7, 11) is -4.36. The molecule has 0 aromatic carbocycles. The van der Waals surface area contributed by atoms with Crippen LogP contribution >= 0.6 is 7.82 Å². The van der Waals surface area contributed by atoms with Crippen molar-refractivity contribution in [2.75, 3.05) is 26.4 Å². The third kappa shape index (κ3) is 34.9. The van der Waals surface area contributed by atoms with Crippen LogP contribution < -0.4 is 5.73 Å². The van der Waals surface area contributed by atoms with Crippen LogP contribution in [0.4, 0.5) is 0 Å². The Hall–Kier alpha value is -0.990. The number of phosphoric acid groups is 1. The molecule has 0 bridgehead atoms. The average molecular weight is 706 g/mol. The molecule has 0 fully saturated rings. The molecule has 0 rings (SSSR count). The van der Waals surface area contributed by atoms with Crippen molar-refractivity contribution < 1.29 is 37.6 Å². The third-order valence-corrected chi connectivity index (χ3v) is 9.73. The first kappa shape index (κ1) is 47.0. The lowest BCUT2D eigenvalue weighted by Gasteiger charge is -2.19. The summed E-state index contributed by atoms with van der Waals surface area (Å²) in [4.78, 5) is 34.7. The second-order valence-electron chi connectivity index (χ2n) is 13.5. The molecule has 0 saturated heterocycles. The van der Waals surface area contributed by atoms with Gasteiger partial charge in [0, 0.05) is 19.4 Å². The highest BCUT2D eigenvalue weighted by atomic mass is 31.2. The summed E-state index contributed by atoms with van der Waals surface area (Å²) in [6, 6.07) is 0. The minimum Gasteiger partial charge on any atom is -0.462 e. The molecule has 0 spiro atoms. The molecule has 0 amide bonds. The van der Waals surface area contributed by atoms with Crippen LogP contribution in [0.15, 0.2) is 0 Å². The number of carbonyl (C=O) groups excluding carboxylic acids is 2. The van der Waals surface area contributed by atoms with E-state index >= 15 is 0 Å². The molecule has 2 unspecified atom stereocenters. The van der Waals surface area contributed by atoms with Gasteiger partial charge in [-0.2, -0.15) is 0 Å². The monoisotopic (exact) mass is 706 g/mol. The van der Waals surface area contributed by atoms with Gasteiger partial charge in [-0.1, -0.05) is 174 Å². The summed E-state index contributed by atoms with van der Waals surface area (Å²) >= 11 is 0.